The van der Waals surface area contributed by atoms with Gasteiger partial charge in [0, 0.05) is 19.1 Å². The molecular weight excluding hydrogens is 160 g/mol. The summed E-state index contributed by atoms with van der Waals surface area (Å²) in [5, 5.41) is 0. The van der Waals surface area contributed by atoms with Gasteiger partial charge in [-0.1, -0.05) is 5.92 Å². The summed E-state index contributed by atoms with van der Waals surface area (Å²) in [6, 6.07) is 0.802. The molecule has 0 bridgehead atoms. The first kappa shape index (κ1) is 9.05. The molecule has 2 nitrogen and oxygen atoms in total. The van der Waals surface area contributed by atoms with Crippen molar-refractivity contribution in [2.75, 3.05) is 32.7 Å². The van der Waals surface area contributed by atoms with Gasteiger partial charge in [0.2, 0.25) is 0 Å². The second-order valence-corrected chi connectivity index (χ2v) is 4.12. The van der Waals surface area contributed by atoms with Crippen molar-refractivity contribution in [1.29, 1.82) is 0 Å². The Labute approximate surface area is 80.9 Å². The van der Waals surface area contributed by atoms with Gasteiger partial charge in [0.25, 0.3) is 0 Å². The van der Waals surface area contributed by atoms with Crippen LogP contribution in [0.5, 0.6) is 0 Å². The number of hydrogen-bond donors (Lipinski definition) is 0. The Morgan fingerprint density at radius 2 is 2.08 bits per heavy atom. The molecule has 0 spiro atoms. The number of terminal acetylenes is 1. The Kier molecular flexibility index (Phi) is 2.87. The zero-order valence-electron chi connectivity index (χ0n) is 8.21. The second-order valence-electron chi connectivity index (χ2n) is 4.12. The maximum absolute atomic E-state index is 5.34. The van der Waals surface area contributed by atoms with Crippen LogP contribution in [0.15, 0.2) is 0 Å². The van der Waals surface area contributed by atoms with E-state index < -0.39 is 0 Å². The highest BCUT2D eigenvalue weighted by atomic mass is 15.2. The molecule has 0 radical (unpaired) electrons. The van der Waals surface area contributed by atoms with Gasteiger partial charge in [-0.3, -0.25) is 9.80 Å². The Hall–Kier alpha value is -0.520. The molecule has 13 heavy (non-hydrogen) atoms. The lowest BCUT2D eigenvalue weighted by Crippen LogP contribution is -2.36. The standard InChI is InChI=1S/C11H18N2/c1-2-6-12-7-4-9-13-8-3-5-11(13)10-12/h1,11H,3-10H2. The van der Waals surface area contributed by atoms with Crippen molar-refractivity contribution in [3.63, 3.8) is 0 Å². The van der Waals surface area contributed by atoms with E-state index in [0.717, 1.165) is 12.6 Å². The fourth-order valence-electron chi connectivity index (χ4n) is 2.56. The maximum atomic E-state index is 5.34. The quantitative estimate of drug-likeness (QED) is 0.548. The molecule has 1 unspecified atom stereocenters. The first-order valence-corrected chi connectivity index (χ1v) is 5.30. The van der Waals surface area contributed by atoms with E-state index in [-0.39, 0.29) is 0 Å². The van der Waals surface area contributed by atoms with Crippen LogP contribution in [-0.2, 0) is 0 Å². The summed E-state index contributed by atoms with van der Waals surface area (Å²) < 4.78 is 0. The van der Waals surface area contributed by atoms with E-state index in [1.807, 2.05) is 0 Å². The lowest BCUT2D eigenvalue weighted by atomic mass is 10.2. The van der Waals surface area contributed by atoms with Crippen LogP contribution in [0, 0.1) is 12.3 Å². The molecule has 0 amide bonds. The highest BCUT2D eigenvalue weighted by molar-refractivity contribution is 4.92. The number of fused-ring (bicyclic) bond motifs is 1. The van der Waals surface area contributed by atoms with Gasteiger partial charge in [0.1, 0.15) is 0 Å². The molecule has 0 N–H and O–H groups in total. The molecule has 0 aromatic heterocycles. The Morgan fingerprint density at radius 3 is 2.92 bits per heavy atom. The Morgan fingerprint density at radius 1 is 1.23 bits per heavy atom. The largest absolute Gasteiger partial charge is 0.299 e. The van der Waals surface area contributed by atoms with Crippen molar-refractivity contribution in [3.05, 3.63) is 0 Å². The van der Waals surface area contributed by atoms with E-state index in [1.54, 1.807) is 0 Å². The van der Waals surface area contributed by atoms with Crippen LogP contribution in [-0.4, -0.2) is 48.6 Å². The summed E-state index contributed by atoms with van der Waals surface area (Å²) in [4.78, 5) is 5.06. The zero-order chi connectivity index (χ0) is 9.10. The second kappa shape index (κ2) is 4.13. The van der Waals surface area contributed by atoms with Crippen LogP contribution in [0.3, 0.4) is 0 Å². The SMILES string of the molecule is C#CCN1CCCN2CCCC2C1. The lowest BCUT2D eigenvalue weighted by molar-refractivity contribution is 0.233. The molecule has 2 aliphatic heterocycles. The molecule has 0 aromatic rings. The van der Waals surface area contributed by atoms with Gasteiger partial charge >= 0.3 is 0 Å². The number of hydrogen-bond acceptors (Lipinski definition) is 2. The van der Waals surface area contributed by atoms with Crippen molar-refractivity contribution in [2.24, 2.45) is 0 Å². The minimum absolute atomic E-state index is 0.802. The molecule has 2 heteroatoms. The van der Waals surface area contributed by atoms with Crippen LogP contribution in [0.25, 0.3) is 0 Å². The van der Waals surface area contributed by atoms with Gasteiger partial charge in [-0.2, -0.15) is 0 Å². The van der Waals surface area contributed by atoms with Crippen LogP contribution >= 0.6 is 0 Å². The maximum Gasteiger partial charge on any atom is 0.0599 e. The van der Waals surface area contributed by atoms with E-state index in [4.69, 9.17) is 6.42 Å². The summed E-state index contributed by atoms with van der Waals surface area (Å²) in [6.45, 7) is 5.83. The predicted molar refractivity (Wildman–Crippen MR) is 54.5 cm³/mol. The lowest BCUT2D eigenvalue weighted by Gasteiger charge is -2.23. The van der Waals surface area contributed by atoms with Crippen LogP contribution < -0.4 is 0 Å². The topological polar surface area (TPSA) is 6.48 Å². The molecule has 72 valence electrons. The summed E-state index contributed by atoms with van der Waals surface area (Å²) >= 11 is 0. The molecule has 0 saturated carbocycles. The highest BCUT2D eigenvalue weighted by Crippen LogP contribution is 2.20. The smallest absolute Gasteiger partial charge is 0.0599 e. The van der Waals surface area contributed by atoms with E-state index in [2.05, 4.69) is 15.7 Å². The number of rotatable bonds is 1. The van der Waals surface area contributed by atoms with Crippen molar-refractivity contribution in [2.45, 2.75) is 25.3 Å². The van der Waals surface area contributed by atoms with Crippen LogP contribution in [0.2, 0.25) is 0 Å². The van der Waals surface area contributed by atoms with E-state index in [1.165, 1.54) is 45.4 Å². The van der Waals surface area contributed by atoms with Crippen LogP contribution in [0.4, 0.5) is 0 Å². The monoisotopic (exact) mass is 178 g/mol. The van der Waals surface area contributed by atoms with Gasteiger partial charge in [0.05, 0.1) is 6.54 Å². The molecule has 0 aromatic carbocycles. The fourth-order valence-corrected chi connectivity index (χ4v) is 2.56. The predicted octanol–water partition coefficient (Wildman–Crippen LogP) is 0.790. The third-order valence-corrected chi connectivity index (χ3v) is 3.20. The minimum Gasteiger partial charge on any atom is -0.299 e. The molecule has 1 atom stereocenters. The Bertz CT molecular complexity index is 207. The van der Waals surface area contributed by atoms with Crippen molar-refractivity contribution < 1.29 is 0 Å². The third-order valence-electron chi connectivity index (χ3n) is 3.20. The summed E-state index contributed by atoms with van der Waals surface area (Å²) in [7, 11) is 0. The summed E-state index contributed by atoms with van der Waals surface area (Å²) in [5.41, 5.74) is 0. The number of nitrogens with zero attached hydrogens (tertiary/aromatic N) is 2. The Balaban J connectivity index is 1.93. The van der Waals surface area contributed by atoms with E-state index in [9.17, 15) is 0 Å². The van der Waals surface area contributed by atoms with Gasteiger partial charge in [0.15, 0.2) is 0 Å². The molecule has 2 aliphatic rings. The molecule has 2 rings (SSSR count). The van der Waals surface area contributed by atoms with Gasteiger partial charge in [-0.15, -0.1) is 6.42 Å². The molecular formula is C11H18N2. The first-order valence-electron chi connectivity index (χ1n) is 5.30. The summed E-state index contributed by atoms with van der Waals surface area (Å²) in [5.74, 6) is 2.75. The average molecular weight is 178 g/mol. The first-order chi connectivity index (χ1) is 6.40. The van der Waals surface area contributed by atoms with Crippen LogP contribution in [0.1, 0.15) is 19.3 Å². The zero-order valence-corrected chi connectivity index (χ0v) is 8.21. The van der Waals surface area contributed by atoms with E-state index in [0.29, 0.717) is 0 Å². The van der Waals surface area contributed by atoms with Crippen molar-refractivity contribution in [1.82, 2.24) is 9.80 Å². The van der Waals surface area contributed by atoms with Gasteiger partial charge in [-0.25, -0.2) is 0 Å². The normalized spacial score (nSPS) is 30.8. The molecule has 2 saturated heterocycles. The fraction of sp³-hybridized carbons (Fsp3) is 0.818. The highest BCUT2D eigenvalue weighted by Gasteiger charge is 2.27. The van der Waals surface area contributed by atoms with E-state index >= 15 is 0 Å². The summed E-state index contributed by atoms with van der Waals surface area (Å²) in [6.07, 6.45) is 9.39. The molecule has 2 fully saturated rings. The van der Waals surface area contributed by atoms with Crippen molar-refractivity contribution in [3.8, 4) is 12.3 Å². The van der Waals surface area contributed by atoms with Gasteiger partial charge in [-0.05, 0) is 32.4 Å². The molecule has 0 aliphatic carbocycles. The minimum atomic E-state index is 0.802. The molecule has 2 heterocycles. The van der Waals surface area contributed by atoms with Crippen molar-refractivity contribution >= 4 is 0 Å². The average Bonchev–Trinajstić information content (AvgIpc) is 2.46. The third kappa shape index (κ3) is 2.04. The van der Waals surface area contributed by atoms with Gasteiger partial charge < -0.3 is 0 Å².